The quantitative estimate of drug-likeness (QED) is 0.581. The minimum atomic E-state index is -0.221. The van der Waals surface area contributed by atoms with E-state index in [1.807, 2.05) is 53.9 Å². The molecule has 0 spiro atoms. The lowest BCUT2D eigenvalue weighted by atomic mass is 10.2. The summed E-state index contributed by atoms with van der Waals surface area (Å²) in [7, 11) is 1.61. The van der Waals surface area contributed by atoms with Crippen molar-refractivity contribution in [3.8, 4) is 17.0 Å². The molecule has 6 heteroatoms. The minimum Gasteiger partial charge on any atom is -0.496 e. The van der Waals surface area contributed by atoms with Gasteiger partial charge < -0.3 is 4.74 Å². The third-order valence-corrected chi connectivity index (χ3v) is 4.78. The van der Waals surface area contributed by atoms with E-state index >= 15 is 0 Å². The van der Waals surface area contributed by atoms with Gasteiger partial charge in [0.1, 0.15) is 5.75 Å². The Balaban J connectivity index is 1.65. The van der Waals surface area contributed by atoms with Crippen molar-refractivity contribution in [2.75, 3.05) is 12.4 Å². The molecule has 1 N–H and O–H groups in total. The Morgan fingerprint density at radius 1 is 1.24 bits per heavy atom. The second kappa shape index (κ2) is 8.09. The lowest BCUT2D eigenvalue weighted by Crippen LogP contribution is -2.07. The van der Waals surface area contributed by atoms with Gasteiger partial charge in [0.15, 0.2) is 5.13 Å². The first kappa shape index (κ1) is 17.4. The Morgan fingerprint density at radius 3 is 2.76 bits per heavy atom. The van der Waals surface area contributed by atoms with Crippen molar-refractivity contribution < 1.29 is 9.53 Å². The largest absolute Gasteiger partial charge is 0.496 e. The summed E-state index contributed by atoms with van der Waals surface area (Å²) in [5.74, 6) is 0.527. The molecule has 3 rings (SSSR count). The maximum absolute atomic E-state index is 12.1. The van der Waals surface area contributed by atoms with Crippen LogP contribution in [0.5, 0.6) is 5.75 Å². The maximum Gasteiger partial charge on any atom is 0.250 e. The molecule has 4 nitrogen and oxygen atoms in total. The van der Waals surface area contributed by atoms with Gasteiger partial charge in [-0.2, -0.15) is 0 Å². The summed E-state index contributed by atoms with van der Waals surface area (Å²) in [5, 5.41) is 5.28. The summed E-state index contributed by atoms with van der Waals surface area (Å²) >= 11 is 4.83. The van der Waals surface area contributed by atoms with Gasteiger partial charge in [-0.05, 0) is 39.7 Å². The van der Waals surface area contributed by atoms with Crippen LogP contribution in [0.1, 0.15) is 5.56 Å². The van der Waals surface area contributed by atoms with Gasteiger partial charge in [0.25, 0.3) is 0 Å². The smallest absolute Gasteiger partial charge is 0.250 e. The number of benzene rings is 2. The number of thiazole rings is 1. The molecule has 0 saturated heterocycles. The highest BCUT2D eigenvalue weighted by Crippen LogP contribution is 2.26. The van der Waals surface area contributed by atoms with Crippen molar-refractivity contribution in [2.45, 2.75) is 0 Å². The van der Waals surface area contributed by atoms with Crippen LogP contribution < -0.4 is 10.1 Å². The summed E-state index contributed by atoms with van der Waals surface area (Å²) in [5.41, 5.74) is 2.77. The number of halogens is 1. The second-order valence-corrected chi connectivity index (χ2v) is 6.83. The van der Waals surface area contributed by atoms with Gasteiger partial charge in [0.05, 0.1) is 17.3 Å². The van der Waals surface area contributed by atoms with E-state index in [2.05, 4.69) is 26.2 Å². The molecule has 3 aromatic rings. The molecule has 0 unspecified atom stereocenters. The lowest BCUT2D eigenvalue weighted by molar-refractivity contribution is -0.111. The van der Waals surface area contributed by atoms with Crippen LogP contribution in [-0.2, 0) is 4.79 Å². The first-order valence-corrected chi connectivity index (χ1v) is 9.16. The van der Waals surface area contributed by atoms with E-state index in [-0.39, 0.29) is 5.91 Å². The molecule has 1 aromatic heterocycles. The lowest BCUT2D eigenvalue weighted by Gasteiger charge is -2.03. The number of methoxy groups -OCH3 is 1. The minimum absolute atomic E-state index is 0.221. The summed E-state index contributed by atoms with van der Waals surface area (Å²) in [6, 6.07) is 15.5. The Morgan fingerprint density at radius 2 is 2.04 bits per heavy atom. The summed E-state index contributed by atoms with van der Waals surface area (Å²) in [6.45, 7) is 0. The molecule has 0 aliphatic heterocycles. The molecule has 0 bridgehead atoms. The number of aromatic nitrogens is 1. The Hall–Kier alpha value is -2.44. The second-order valence-electron chi connectivity index (χ2n) is 5.12. The van der Waals surface area contributed by atoms with Crippen LogP contribution >= 0.6 is 27.3 Å². The molecule has 1 heterocycles. The molecule has 25 heavy (non-hydrogen) atoms. The van der Waals surface area contributed by atoms with Gasteiger partial charge in [-0.25, -0.2) is 4.98 Å². The molecule has 0 aliphatic carbocycles. The Labute approximate surface area is 158 Å². The van der Waals surface area contributed by atoms with Crippen LogP contribution in [0.4, 0.5) is 5.13 Å². The number of rotatable bonds is 5. The van der Waals surface area contributed by atoms with Crippen molar-refractivity contribution in [1.29, 1.82) is 0 Å². The predicted octanol–water partition coefficient (Wildman–Crippen LogP) is 5.23. The molecule has 0 radical (unpaired) electrons. The van der Waals surface area contributed by atoms with Crippen LogP contribution in [0, 0.1) is 0 Å². The fourth-order valence-corrected chi connectivity index (χ4v) is 3.46. The monoisotopic (exact) mass is 414 g/mol. The number of nitrogens with one attached hydrogen (secondary N) is 1. The number of nitrogens with zero attached hydrogens (tertiary/aromatic N) is 1. The number of hydrogen-bond donors (Lipinski definition) is 1. The maximum atomic E-state index is 12.1. The van der Waals surface area contributed by atoms with Gasteiger partial charge in [0, 0.05) is 17.0 Å². The van der Waals surface area contributed by atoms with Crippen molar-refractivity contribution >= 4 is 44.4 Å². The summed E-state index contributed by atoms with van der Waals surface area (Å²) in [6.07, 6.45) is 3.23. The van der Waals surface area contributed by atoms with Crippen LogP contribution in [-0.4, -0.2) is 18.0 Å². The highest BCUT2D eigenvalue weighted by Gasteiger charge is 2.06. The zero-order valence-corrected chi connectivity index (χ0v) is 15.8. The van der Waals surface area contributed by atoms with E-state index < -0.39 is 0 Å². The predicted molar refractivity (Wildman–Crippen MR) is 106 cm³/mol. The molecule has 0 saturated carbocycles. The van der Waals surface area contributed by atoms with Gasteiger partial charge in [0.2, 0.25) is 5.91 Å². The zero-order chi connectivity index (χ0) is 17.6. The Bertz CT molecular complexity index is 907. The fourth-order valence-electron chi connectivity index (χ4n) is 2.18. The van der Waals surface area contributed by atoms with Crippen LogP contribution in [0.25, 0.3) is 17.3 Å². The van der Waals surface area contributed by atoms with Gasteiger partial charge >= 0.3 is 0 Å². The third kappa shape index (κ3) is 4.55. The highest BCUT2D eigenvalue weighted by atomic mass is 79.9. The summed E-state index contributed by atoms with van der Waals surface area (Å²) < 4.78 is 6.02. The van der Waals surface area contributed by atoms with E-state index in [0.29, 0.717) is 5.13 Å². The van der Waals surface area contributed by atoms with Gasteiger partial charge in [-0.15, -0.1) is 11.3 Å². The molecule has 1 amide bonds. The Kier molecular flexibility index (Phi) is 5.63. The van der Waals surface area contributed by atoms with Crippen molar-refractivity contribution in [2.24, 2.45) is 0 Å². The molecular weight excluding hydrogens is 400 g/mol. The van der Waals surface area contributed by atoms with Crippen LogP contribution in [0.15, 0.2) is 64.5 Å². The molecular formula is C19H15BrN2O2S. The number of ether oxygens (including phenoxy) is 1. The summed E-state index contributed by atoms with van der Waals surface area (Å²) in [4.78, 5) is 16.5. The SMILES string of the molecule is COc1ccc(/C=C/C(=O)Nc2nc(-c3ccccc3)cs2)cc1Br. The number of anilines is 1. The van der Waals surface area contributed by atoms with E-state index in [1.54, 1.807) is 13.2 Å². The van der Waals surface area contributed by atoms with Crippen LogP contribution in [0.2, 0.25) is 0 Å². The molecule has 0 fully saturated rings. The topological polar surface area (TPSA) is 51.2 Å². The van der Waals surface area contributed by atoms with E-state index in [9.17, 15) is 4.79 Å². The third-order valence-electron chi connectivity index (χ3n) is 3.41. The normalized spacial score (nSPS) is 10.8. The number of amides is 1. The molecule has 126 valence electrons. The zero-order valence-electron chi connectivity index (χ0n) is 13.4. The molecule has 0 aliphatic rings. The van der Waals surface area contributed by atoms with Crippen molar-refractivity contribution in [1.82, 2.24) is 4.98 Å². The average Bonchev–Trinajstić information content (AvgIpc) is 3.09. The van der Waals surface area contributed by atoms with E-state index in [0.717, 1.165) is 27.0 Å². The fraction of sp³-hybridized carbons (Fsp3) is 0.0526. The molecule has 2 aromatic carbocycles. The number of hydrogen-bond acceptors (Lipinski definition) is 4. The van der Waals surface area contributed by atoms with E-state index in [4.69, 9.17) is 4.74 Å². The van der Waals surface area contributed by atoms with E-state index in [1.165, 1.54) is 17.4 Å². The highest BCUT2D eigenvalue weighted by molar-refractivity contribution is 9.10. The van der Waals surface area contributed by atoms with Gasteiger partial charge in [-0.1, -0.05) is 36.4 Å². The first-order valence-electron chi connectivity index (χ1n) is 7.49. The van der Waals surface area contributed by atoms with Crippen molar-refractivity contribution in [3.05, 3.63) is 70.0 Å². The standard InChI is InChI=1S/C19H15BrN2O2S/c1-24-17-9-7-13(11-15(17)20)8-10-18(23)22-19-21-16(12-25-19)14-5-3-2-4-6-14/h2-12H,1H3,(H,21,22,23)/b10-8+. The number of carbonyl (C=O) groups excluding carboxylic acids is 1. The molecule has 0 atom stereocenters. The first-order chi connectivity index (χ1) is 12.2. The van der Waals surface area contributed by atoms with Crippen molar-refractivity contribution in [3.63, 3.8) is 0 Å². The number of carbonyl (C=O) groups is 1. The average molecular weight is 415 g/mol. The van der Waals surface area contributed by atoms with Crippen LogP contribution in [0.3, 0.4) is 0 Å². The van der Waals surface area contributed by atoms with Gasteiger partial charge in [-0.3, -0.25) is 10.1 Å².